The minimum Gasteiger partial charge on any atom is -0.432 e. The van der Waals surface area contributed by atoms with Crippen molar-refractivity contribution in [2.75, 3.05) is 18.0 Å². The summed E-state index contributed by atoms with van der Waals surface area (Å²) in [6, 6.07) is 3.54. The molecule has 0 N–H and O–H groups in total. The first-order valence-electron chi connectivity index (χ1n) is 6.44. The van der Waals surface area contributed by atoms with Crippen LogP contribution in [0.3, 0.4) is 0 Å². The molecule has 2 heterocycles. The van der Waals surface area contributed by atoms with Gasteiger partial charge in [-0.1, -0.05) is 0 Å². The summed E-state index contributed by atoms with van der Waals surface area (Å²) in [7, 11) is 0. The average molecular weight is 347 g/mol. The van der Waals surface area contributed by atoms with Gasteiger partial charge in [0.15, 0.2) is 16.8 Å². The highest BCUT2D eigenvalue weighted by molar-refractivity contribution is 9.10. The molecule has 1 aliphatic heterocycles. The molecule has 7 heteroatoms. The van der Waals surface area contributed by atoms with Crippen LogP contribution < -0.4 is 9.64 Å². The lowest BCUT2D eigenvalue weighted by Gasteiger charge is -2.24. The molecule has 0 atom stereocenters. The zero-order valence-electron chi connectivity index (χ0n) is 10.6. The number of anilines is 1. The predicted molar refractivity (Wildman–Crippen MR) is 74.4 cm³/mol. The van der Waals surface area contributed by atoms with Crippen LogP contribution in [0.15, 0.2) is 21.0 Å². The second-order valence-corrected chi connectivity index (χ2v) is 5.50. The summed E-state index contributed by atoms with van der Waals surface area (Å²) in [5.74, 6) is 0.0326. The summed E-state index contributed by atoms with van der Waals surface area (Å²) < 4.78 is 35.7. The van der Waals surface area contributed by atoms with E-state index in [4.69, 9.17) is 4.42 Å². The van der Waals surface area contributed by atoms with Crippen LogP contribution in [0.25, 0.3) is 11.1 Å². The fourth-order valence-corrected chi connectivity index (χ4v) is 2.75. The van der Waals surface area contributed by atoms with Crippen molar-refractivity contribution >= 4 is 33.0 Å². The largest absolute Gasteiger partial charge is 0.432 e. The highest BCUT2D eigenvalue weighted by Crippen LogP contribution is 2.35. The molecule has 0 amide bonds. The molecule has 108 valence electrons. The molecule has 3 rings (SSSR count). The number of nitrogens with zero attached hydrogens (tertiary/aromatic N) is 2. The van der Waals surface area contributed by atoms with Gasteiger partial charge in [0.05, 0.1) is 4.47 Å². The Bertz CT molecular complexity index is 612. The Hall–Kier alpha value is -1.37. The molecule has 1 aromatic heterocycles. The average Bonchev–Trinajstić information content (AvgIpc) is 2.89. The first-order valence-corrected chi connectivity index (χ1v) is 7.23. The SMILES string of the molecule is FC(F)Oc1ccc(Br)c2oc(N3CCCCC3)nc12. The van der Waals surface area contributed by atoms with Gasteiger partial charge in [-0.15, -0.1) is 0 Å². The van der Waals surface area contributed by atoms with Crippen LogP contribution in [0.5, 0.6) is 5.75 Å². The van der Waals surface area contributed by atoms with E-state index < -0.39 is 6.61 Å². The van der Waals surface area contributed by atoms with Gasteiger partial charge >= 0.3 is 6.61 Å². The molecule has 1 saturated heterocycles. The maximum atomic E-state index is 12.4. The Labute approximate surface area is 122 Å². The van der Waals surface area contributed by atoms with Gasteiger partial charge in [0, 0.05) is 13.1 Å². The summed E-state index contributed by atoms with van der Waals surface area (Å²) in [4.78, 5) is 6.35. The maximum Gasteiger partial charge on any atom is 0.387 e. The lowest BCUT2D eigenvalue weighted by atomic mass is 10.1. The van der Waals surface area contributed by atoms with E-state index in [-0.39, 0.29) is 5.75 Å². The normalized spacial score (nSPS) is 16.1. The van der Waals surface area contributed by atoms with E-state index in [9.17, 15) is 8.78 Å². The number of alkyl halides is 2. The van der Waals surface area contributed by atoms with E-state index in [1.807, 2.05) is 4.90 Å². The van der Waals surface area contributed by atoms with Gasteiger partial charge in [-0.25, -0.2) is 0 Å². The van der Waals surface area contributed by atoms with E-state index in [1.165, 1.54) is 12.5 Å². The van der Waals surface area contributed by atoms with Gasteiger partial charge < -0.3 is 14.1 Å². The maximum absolute atomic E-state index is 12.4. The predicted octanol–water partition coefficient (Wildman–Crippen LogP) is 4.18. The Morgan fingerprint density at radius 3 is 2.70 bits per heavy atom. The molecule has 0 aliphatic carbocycles. The van der Waals surface area contributed by atoms with Crippen LogP contribution in [-0.4, -0.2) is 24.7 Å². The molecular weight excluding hydrogens is 334 g/mol. The molecule has 1 aliphatic rings. The standard InChI is InChI=1S/C13H13BrF2N2O2/c14-8-4-5-9(19-12(15)16)10-11(8)20-13(17-10)18-6-2-1-3-7-18/h4-5,12H,1-3,6-7H2. The fraction of sp³-hybridized carbons (Fsp3) is 0.462. The number of hydrogen-bond donors (Lipinski definition) is 0. The van der Waals surface area contributed by atoms with Crippen molar-refractivity contribution in [2.24, 2.45) is 0 Å². The van der Waals surface area contributed by atoms with Crippen LogP contribution >= 0.6 is 15.9 Å². The third-order valence-corrected chi connectivity index (χ3v) is 3.91. The van der Waals surface area contributed by atoms with Crippen molar-refractivity contribution in [3.63, 3.8) is 0 Å². The van der Waals surface area contributed by atoms with Crippen LogP contribution in [0.2, 0.25) is 0 Å². The number of rotatable bonds is 3. The first kappa shape index (κ1) is 13.6. The molecule has 0 saturated carbocycles. The summed E-state index contributed by atoms with van der Waals surface area (Å²) in [5, 5.41) is 0. The number of aromatic nitrogens is 1. The zero-order chi connectivity index (χ0) is 14.1. The van der Waals surface area contributed by atoms with Gasteiger partial charge in [0.25, 0.3) is 6.01 Å². The monoisotopic (exact) mass is 346 g/mol. The molecule has 0 unspecified atom stereocenters. The van der Waals surface area contributed by atoms with Gasteiger partial charge in [-0.2, -0.15) is 13.8 Å². The third kappa shape index (κ3) is 2.59. The summed E-state index contributed by atoms with van der Waals surface area (Å²) in [5.41, 5.74) is 0.754. The molecule has 4 nitrogen and oxygen atoms in total. The Kier molecular flexibility index (Phi) is 3.78. The lowest BCUT2D eigenvalue weighted by molar-refractivity contribution is -0.0489. The van der Waals surface area contributed by atoms with Crippen LogP contribution in [0.4, 0.5) is 14.8 Å². The minimum absolute atomic E-state index is 0.0326. The molecule has 0 spiro atoms. The molecule has 1 aromatic carbocycles. The number of halogens is 3. The summed E-state index contributed by atoms with van der Waals surface area (Å²) >= 11 is 3.34. The minimum atomic E-state index is -2.88. The Morgan fingerprint density at radius 2 is 2.00 bits per heavy atom. The van der Waals surface area contributed by atoms with E-state index in [0.717, 1.165) is 25.9 Å². The number of fused-ring (bicyclic) bond motifs is 1. The summed E-state index contributed by atoms with van der Waals surface area (Å²) in [6.45, 7) is -1.14. The Balaban J connectivity index is 2.01. The van der Waals surface area contributed by atoms with Crippen LogP contribution in [0.1, 0.15) is 19.3 Å². The molecule has 1 fully saturated rings. The van der Waals surface area contributed by atoms with Crippen molar-refractivity contribution in [2.45, 2.75) is 25.9 Å². The first-order chi connectivity index (χ1) is 9.65. The zero-order valence-corrected chi connectivity index (χ0v) is 12.2. The van der Waals surface area contributed by atoms with Crippen molar-refractivity contribution in [1.82, 2.24) is 4.98 Å². The van der Waals surface area contributed by atoms with E-state index in [0.29, 0.717) is 21.6 Å². The van der Waals surface area contributed by atoms with Crippen LogP contribution in [-0.2, 0) is 0 Å². The Morgan fingerprint density at radius 1 is 1.25 bits per heavy atom. The van der Waals surface area contributed by atoms with Crippen molar-refractivity contribution in [3.8, 4) is 5.75 Å². The topological polar surface area (TPSA) is 38.5 Å². The van der Waals surface area contributed by atoms with Gasteiger partial charge in [0.2, 0.25) is 0 Å². The van der Waals surface area contributed by atoms with E-state index in [2.05, 4.69) is 25.7 Å². The number of hydrogen-bond acceptors (Lipinski definition) is 4. The van der Waals surface area contributed by atoms with Crippen molar-refractivity contribution in [3.05, 3.63) is 16.6 Å². The molecule has 2 aromatic rings. The summed E-state index contributed by atoms with van der Waals surface area (Å²) in [6.07, 6.45) is 3.36. The number of ether oxygens (including phenoxy) is 1. The highest BCUT2D eigenvalue weighted by Gasteiger charge is 2.21. The van der Waals surface area contributed by atoms with Gasteiger partial charge in [-0.3, -0.25) is 0 Å². The van der Waals surface area contributed by atoms with Crippen LogP contribution in [0, 0.1) is 0 Å². The number of oxazole rings is 1. The van der Waals surface area contributed by atoms with Crippen molar-refractivity contribution in [1.29, 1.82) is 0 Å². The van der Waals surface area contributed by atoms with Gasteiger partial charge in [-0.05, 0) is 47.3 Å². The molecule has 0 radical (unpaired) electrons. The fourth-order valence-electron chi connectivity index (χ4n) is 2.35. The van der Waals surface area contributed by atoms with E-state index >= 15 is 0 Å². The van der Waals surface area contributed by atoms with Crippen molar-refractivity contribution < 1.29 is 17.9 Å². The van der Waals surface area contributed by atoms with Gasteiger partial charge in [0.1, 0.15) is 0 Å². The second kappa shape index (κ2) is 5.55. The third-order valence-electron chi connectivity index (χ3n) is 3.29. The molecule has 20 heavy (non-hydrogen) atoms. The quantitative estimate of drug-likeness (QED) is 0.835. The molecule has 0 bridgehead atoms. The highest BCUT2D eigenvalue weighted by atomic mass is 79.9. The smallest absolute Gasteiger partial charge is 0.387 e. The number of piperidine rings is 1. The molecular formula is C13H13BrF2N2O2. The lowest BCUT2D eigenvalue weighted by Crippen LogP contribution is -2.29. The second-order valence-electron chi connectivity index (χ2n) is 4.65. The number of benzene rings is 1. The van der Waals surface area contributed by atoms with E-state index in [1.54, 1.807) is 6.07 Å².